The number of benzene rings is 2. The molecule has 36 heavy (non-hydrogen) atoms. The van der Waals surface area contributed by atoms with Crippen LogP contribution in [0, 0.1) is 0 Å². The van der Waals surface area contributed by atoms with Gasteiger partial charge < -0.3 is 0 Å². The van der Waals surface area contributed by atoms with Gasteiger partial charge in [-0.15, -0.1) is 0 Å². The zero-order chi connectivity index (χ0) is 26.6. The van der Waals surface area contributed by atoms with Gasteiger partial charge in [0.25, 0.3) is 0 Å². The molecule has 0 aliphatic heterocycles. The number of aryl methyl sites for hydroxylation is 1. The molecule has 0 aromatic heterocycles. The van der Waals surface area contributed by atoms with Crippen LogP contribution in [-0.4, -0.2) is 16.1 Å². The third-order valence-corrected chi connectivity index (χ3v) is 12.3. The lowest BCUT2D eigenvalue weighted by molar-refractivity contribution is 0.584. The molecule has 0 heterocycles. The maximum absolute atomic E-state index is 2.62. The Morgan fingerprint density at radius 1 is 0.444 bits per heavy atom. The molecule has 0 N–H and O–H groups in total. The fourth-order valence-electron chi connectivity index (χ4n) is 6.25. The lowest BCUT2D eigenvalue weighted by Gasteiger charge is -2.34. The molecular weight excluding hydrogens is 465 g/mol. The summed E-state index contributed by atoms with van der Waals surface area (Å²) in [6.45, 7) is 20.3. The monoisotopic (exact) mass is 524 g/mol. The van der Waals surface area contributed by atoms with Crippen LogP contribution >= 0.6 is 0 Å². The first kappa shape index (κ1) is 31.4. The van der Waals surface area contributed by atoms with Gasteiger partial charge in [0.1, 0.15) is 0 Å². The highest BCUT2D eigenvalue weighted by molar-refractivity contribution is 7.00. The van der Waals surface area contributed by atoms with Crippen LogP contribution in [0.4, 0.5) is 0 Å². The quantitative estimate of drug-likeness (QED) is 0.134. The van der Waals surface area contributed by atoms with E-state index in [0.29, 0.717) is 0 Å². The Labute approximate surface area is 228 Å². The van der Waals surface area contributed by atoms with Crippen LogP contribution in [0.5, 0.6) is 0 Å². The van der Waals surface area contributed by atoms with Gasteiger partial charge in [-0.2, -0.15) is 0 Å². The van der Waals surface area contributed by atoms with E-state index in [1.807, 2.05) is 10.8 Å². The molecule has 0 saturated carbocycles. The molecule has 0 aliphatic rings. The predicted octanol–water partition coefficient (Wildman–Crippen LogP) is 10.5. The minimum absolute atomic E-state index is 1.28. The highest BCUT2D eigenvalue weighted by Gasteiger charge is 2.33. The summed E-state index contributed by atoms with van der Waals surface area (Å²) in [5, 5.41) is 6.87. The summed E-state index contributed by atoms with van der Waals surface area (Å²) in [4.78, 5) is 0. The van der Waals surface area contributed by atoms with Crippen molar-refractivity contribution >= 4 is 37.3 Å². The topological polar surface area (TPSA) is 0 Å². The van der Waals surface area contributed by atoms with Crippen molar-refractivity contribution < 1.29 is 0 Å². The van der Waals surface area contributed by atoms with E-state index in [1.54, 1.807) is 21.5 Å². The predicted molar refractivity (Wildman–Crippen MR) is 173 cm³/mol. The second kappa shape index (κ2) is 15.5. The molecule has 0 unspecified atom stereocenters. The molecule has 0 radical (unpaired) electrons. The Balaban J connectivity index is 2.42. The van der Waals surface area contributed by atoms with Gasteiger partial charge in [0.05, 0.1) is 16.1 Å². The molecule has 0 aliphatic carbocycles. The Bertz CT molecular complexity index is 898. The van der Waals surface area contributed by atoms with Crippen molar-refractivity contribution in [2.75, 3.05) is 0 Å². The summed E-state index contributed by atoms with van der Waals surface area (Å²) in [5.41, 5.74) is 3.55. The summed E-state index contributed by atoms with van der Waals surface area (Å²) >= 11 is 0. The van der Waals surface area contributed by atoms with Crippen molar-refractivity contribution in [3.05, 3.63) is 35.4 Å². The molecule has 2 aromatic carbocycles. The van der Waals surface area contributed by atoms with Crippen LogP contribution in [0.2, 0.25) is 39.3 Å². The van der Waals surface area contributed by atoms with Crippen molar-refractivity contribution in [2.45, 2.75) is 156 Å². The summed E-state index contributed by atoms with van der Waals surface area (Å²) in [6, 6.07) is 9.54. The normalized spacial score (nSPS) is 12.6. The van der Waals surface area contributed by atoms with Crippen LogP contribution in [0.3, 0.4) is 0 Å². The first-order chi connectivity index (χ1) is 17.1. The van der Waals surface area contributed by atoms with Gasteiger partial charge >= 0.3 is 0 Å². The number of rotatable bonds is 18. The van der Waals surface area contributed by atoms with E-state index in [0.717, 1.165) is 0 Å². The summed E-state index contributed by atoms with van der Waals surface area (Å²) in [7, 11) is -3.00. The van der Waals surface area contributed by atoms with Crippen molar-refractivity contribution in [2.24, 2.45) is 0 Å². The molecular formula is C34H60Si2. The van der Waals surface area contributed by atoms with Gasteiger partial charge in [-0.05, 0) is 47.6 Å². The Hall–Kier alpha value is -0.866. The molecule has 0 nitrogen and oxygen atoms in total. The molecule has 2 rings (SSSR count). The second-order valence-electron chi connectivity index (χ2n) is 13.5. The fourth-order valence-corrected chi connectivity index (χ4v) is 12.5. The maximum Gasteiger partial charge on any atom is 0.0782 e. The molecule has 0 fully saturated rings. The van der Waals surface area contributed by atoms with Crippen LogP contribution < -0.4 is 10.4 Å². The van der Waals surface area contributed by atoms with Crippen LogP contribution in [0.1, 0.15) is 115 Å². The molecule has 0 saturated heterocycles. The minimum atomic E-state index is -1.50. The van der Waals surface area contributed by atoms with Gasteiger partial charge in [-0.3, -0.25) is 0 Å². The molecule has 2 heteroatoms. The van der Waals surface area contributed by atoms with E-state index < -0.39 is 16.1 Å². The minimum Gasteiger partial charge on any atom is -0.0656 e. The molecule has 204 valence electrons. The molecule has 0 atom stereocenters. The smallest absolute Gasteiger partial charge is 0.0656 e. The third-order valence-electron chi connectivity index (χ3n) is 8.00. The largest absolute Gasteiger partial charge is 0.0782 e. The molecule has 0 spiro atoms. The Morgan fingerprint density at radius 2 is 0.833 bits per heavy atom. The first-order valence-electron chi connectivity index (χ1n) is 15.7. The van der Waals surface area contributed by atoms with E-state index in [-0.39, 0.29) is 0 Å². The highest BCUT2D eigenvalue weighted by Crippen LogP contribution is 2.28. The SMILES string of the molecule is CCCCCCCCCc1c([Si](C)(C)C)c([Si](C)(C)C)c2ccccc2c1CCCCCCCCC. The van der Waals surface area contributed by atoms with Crippen LogP contribution in [-0.2, 0) is 12.8 Å². The zero-order valence-electron chi connectivity index (χ0n) is 25.6. The van der Waals surface area contributed by atoms with Gasteiger partial charge in [0, 0.05) is 0 Å². The molecule has 2 aromatic rings. The maximum atomic E-state index is 2.62. The van der Waals surface area contributed by atoms with Crippen molar-refractivity contribution in [1.29, 1.82) is 0 Å². The average molecular weight is 525 g/mol. The number of fused-ring (bicyclic) bond motifs is 1. The van der Waals surface area contributed by atoms with E-state index in [9.17, 15) is 0 Å². The van der Waals surface area contributed by atoms with E-state index in [2.05, 4.69) is 77.4 Å². The van der Waals surface area contributed by atoms with Crippen LogP contribution in [0.15, 0.2) is 24.3 Å². The van der Waals surface area contributed by atoms with Gasteiger partial charge in [-0.25, -0.2) is 0 Å². The average Bonchev–Trinajstić information content (AvgIpc) is 2.81. The number of unbranched alkanes of at least 4 members (excludes halogenated alkanes) is 12. The lowest BCUT2D eigenvalue weighted by Crippen LogP contribution is -2.58. The van der Waals surface area contributed by atoms with Crippen molar-refractivity contribution in [1.82, 2.24) is 0 Å². The van der Waals surface area contributed by atoms with Crippen molar-refractivity contribution in [3.63, 3.8) is 0 Å². The highest BCUT2D eigenvalue weighted by atomic mass is 28.3. The van der Waals surface area contributed by atoms with Crippen LogP contribution in [0.25, 0.3) is 10.8 Å². The number of hydrogen-bond donors (Lipinski definition) is 0. The van der Waals surface area contributed by atoms with Gasteiger partial charge in [-0.1, -0.05) is 165 Å². The summed E-state index contributed by atoms with van der Waals surface area (Å²) < 4.78 is 0. The second-order valence-corrected chi connectivity index (χ2v) is 23.5. The van der Waals surface area contributed by atoms with E-state index >= 15 is 0 Å². The van der Waals surface area contributed by atoms with Gasteiger partial charge in [0.15, 0.2) is 0 Å². The lowest BCUT2D eigenvalue weighted by atomic mass is 9.91. The Morgan fingerprint density at radius 3 is 1.28 bits per heavy atom. The van der Waals surface area contributed by atoms with E-state index in [4.69, 9.17) is 0 Å². The first-order valence-corrected chi connectivity index (χ1v) is 22.7. The fraction of sp³-hybridized carbons (Fsp3) is 0.706. The van der Waals surface area contributed by atoms with Gasteiger partial charge in [0.2, 0.25) is 0 Å². The van der Waals surface area contributed by atoms with Crippen molar-refractivity contribution in [3.8, 4) is 0 Å². The standard InChI is InChI=1S/C34H60Si2/c1-9-11-13-15-17-19-21-25-29-30-26-23-24-28-32(30)34(36(6,7)8)33(35(3,4)5)31(29)27-22-20-18-16-14-12-10-2/h23-24,26,28H,9-22,25,27H2,1-8H3. The summed E-state index contributed by atoms with van der Waals surface area (Å²) in [6.07, 6.45) is 22.2. The number of hydrogen-bond acceptors (Lipinski definition) is 0. The Kier molecular flexibility index (Phi) is 13.5. The summed E-state index contributed by atoms with van der Waals surface area (Å²) in [5.74, 6) is 0. The molecule has 0 amide bonds. The molecule has 0 bridgehead atoms. The third kappa shape index (κ3) is 9.46. The van der Waals surface area contributed by atoms with E-state index in [1.165, 1.54) is 103 Å². The zero-order valence-corrected chi connectivity index (χ0v) is 27.6.